The van der Waals surface area contributed by atoms with Crippen molar-refractivity contribution in [3.05, 3.63) is 12.3 Å². The van der Waals surface area contributed by atoms with Gasteiger partial charge in [0.25, 0.3) is 10.0 Å². The van der Waals surface area contributed by atoms with E-state index in [4.69, 9.17) is 0 Å². The van der Waals surface area contributed by atoms with E-state index in [0.717, 1.165) is 0 Å². The highest BCUT2D eigenvalue weighted by Crippen LogP contribution is 2.12. The zero-order chi connectivity index (χ0) is 10.8. The van der Waals surface area contributed by atoms with Gasteiger partial charge in [-0.3, -0.25) is 4.68 Å². The molecule has 0 aliphatic heterocycles. The van der Waals surface area contributed by atoms with E-state index in [1.807, 2.05) is 0 Å². The number of aromatic nitrogens is 2. The molecule has 0 unspecified atom stereocenters. The number of aryl methyl sites for hydroxylation is 1. The molecule has 1 aromatic heterocycles. The van der Waals surface area contributed by atoms with E-state index in [0.29, 0.717) is 11.9 Å². The van der Waals surface area contributed by atoms with Crippen molar-refractivity contribution >= 4 is 26.0 Å². The molecule has 0 spiro atoms. The van der Waals surface area contributed by atoms with Gasteiger partial charge in [-0.25, -0.2) is 8.42 Å². The Morgan fingerprint density at radius 2 is 2.29 bits per heavy atom. The van der Waals surface area contributed by atoms with Crippen molar-refractivity contribution in [2.75, 3.05) is 18.9 Å². The number of sulfonamides is 1. The van der Waals surface area contributed by atoms with Gasteiger partial charge in [0.2, 0.25) is 0 Å². The first-order valence-corrected chi connectivity index (χ1v) is 6.56. The smallest absolute Gasteiger partial charge is 0.256 e. The number of nitrogens with zero attached hydrogens (tertiary/aromatic N) is 3. The van der Waals surface area contributed by atoms with Crippen molar-refractivity contribution in [2.24, 2.45) is 7.05 Å². The van der Waals surface area contributed by atoms with Gasteiger partial charge in [-0.1, -0.05) is 15.9 Å². The number of rotatable bonds is 4. The molecule has 80 valence electrons. The monoisotopic (exact) mass is 281 g/mol. The molecule has 7 heteroatoms. The van der Waals surface area contributed by atoms with Gasteiger partial charge < -0.3 is 0 Å². The van der Waals surface area contributed by atoms with Crippen LogP contribution in [0.25, 0.3) is 0 Å². The van der Waals surface area contributed by atoms with Crippen molar-refractivity contribution in [3.63, 3.8) is 0 Å². The lowest BCUT2D eigenvalue weighted by atomic mass is 10.7. The Balaban J connectivity index is 3.03. The summed E-state index contributed by atoms with van der Waals surface area (Å²) in [4.78, 5) is 0. The molecule has 5 nitrogen and oxygen atoms in total. The van der Waals surface area contributed by atoms with E-state index in [9.17, 15) is 8.42 Å². The summed E-state index contributed by atoms with van der Waals surface area (Å²) in [5.74, 6) is 0. The molecule has 0 amide bonds. The SMILES string of the molecule is CN(CCBr)S(=O)(=O)c1ccnn1C. The maximum Gasteiger partial charge on any atom is 0.259 e. The molecule has 0 bridgehead atoms. The summed E-state index contributed by atoms with van der Waals surface area (Å²) in [6.45, 7) is 0.438. The van der Waals surface area contributed by atoms with Crippen LogP contribution in [0.15, 0.2) is 17.3 Å². The van der Waals surface area contributed by atoms with Crippen LogP contribution in [0.1, 0.15) is 0 Å². The van der Waals surface area contributed by atoms with Crippen LogP contribution in [0.5, 0.6) is 0 Å². The lowest BCUT2D eigenvalue weighted by Gasteiger charge is -2.15. The zero-order valence-corrected chi connectivity index (χ0v) is 10.4. The fourth-order valence-corrected chi connectivity index (χ4v) is 3.05. The largest absolute Gasteiger partial charge is 0.259 e. The van der Waals surface area contributed by atoms with E-state index >= 15 is 0 Å². The minimum absolute atomic E-state index is 0.209. The van der Waals surface area contributed by atoms with Gasteiger partial charge in [-0.05, 0) is 6.07 Å². The minimum atomic E-state index is -3.38. The van der Waals surface area contributed by atoms with Gasteiger partial charge >= 0.3 is 0 Å². The van der Waals surface area contributed by atoms with Crippen LogP contribution in [-0.4, -0.2) is 41.4 Å². The molecule has 1 aromatic rings. The predicted molar refractivity (Wildman–Crippen MR) is 56.8 cm³/mol. The first-order chi connectivity index (χ1) is 6.50. The Labute approximate surface area is 91.9 Å². The molecular weight excluding hydrogens is 270 g/mol. The minimum Gasteiger partial charge on any atom is -0.256 e. The lowest BCUT2D eigenvalue weighted by Crippen LogP contribution is -2.30. The molecule has 1 heterocycles. The van der Waals surface area contributed by atoms with E-state index in [-0.39, 0.29) is 5.03 Å². The maximum atomic E-state index is 11.8. The second-order valence-corrected chi connectivity index (χ2v) is 5.59. The first-order valence-electron chi connectivity index (χ1n) is 4.00. The summed E-state index contributed by atoms with van der Waals surface area (Å²) in [5.41, 5.74) is 0. The molecule has 0 aromatic carbocycles. The molecule has 1 rings (SSSR count). The van der Waals surface area contributed by atoms with Crippen LogP contribution < -0.4 is 0 Å². The Morgan fingerprint density at radius 1 is 1.64 bits per heavy atom. The van der Waals surface area contributed by atoms with Gasteiger partial charge in [0.05, 0.1) is 6.20 Å². The zero-order valence-electron chi connectivity index (χ0n) is 8.01. The number of hydrogen-bond donors (Lipinski definition) is 0. The molecule has 14 heavy (non-hydrogen) atoms. The summed E-state index contributed by atoms with van der Waals surface area (Å²) in [5, 5.41) is 4.65. The third kappa shape index (κ3) is 2.15. The average molecular weight is 282 g/mol. The number of halogens is 1. The van der Waals surface area contributed by atoms with E-state index < -0.39 is 10.0 Å². The molecule has 0 atom stereocenters. The second-order valence-electron chi connectivity index (χ2n) is 2.81. The van der Waals surface area contributed by atoms with Gasteiger partial charge in [0.1, 0.15) is 0 Å². The highest BCUT2D eigenvalue weighted by Gasteiger charge is 2.22. The number of alkyl halides is 1. The summed E-state index contributed by atoms with van der Waals surface area (Å²) in [6.07, 6.45) is 1.47. The normalized spacial score (nSPS) is 12.3. The Morgan fingerprint density at radius 3 is 2.71 bits per heavy atom. The standard InChI is InChI=1S/C7H12BrN3O2S/c1-10(6-4-8)14(12,13)7-3-5-9-11(7)2/h3,5H,4,6H2,1-2H3. The molecule has 0 saturated carbocycles. The van der Waals surface area contributed by atoms with Gasteiger partial charge in [0.15, 0.2) is 5.03 Å². The molecule has 0 aliphatic carbocycles. The van der Waals surface area contributed by atoms with E-state index in [1.165, 1.54) is 21.3 Å². The Kier molecular flexibility index (Phi) is 3.68. The van der Waals surface area contributed by atoms with E-state index in [1.54, 1.807) is 14.1 Å². The Bertz CT molecular complexity index is 401. The summed E-state index contributed by atoms with van der Waals surface area (Å²) < 4.78 is 26.3. The molecule has 0 radical (unpaired) electrons. The predicted octanol–water partition coefficient (Wildman–Crippen LogP) is 0.435. The molecule has 0 N–H and O–H groups in total. The lowest BCUT2D eigenvalue weighted by molar-refractivity contribution is 0.478. The van der Waals surface area contributed by atoms with Crippen molar-refractivity contribution in [1.82, 2.24) is 14.1 Å². The molecule has 0 saturated heterocycles. The highest BCUT2D eigenvalue weighted by molar-refractivity contribution is 9.09. The summed E-state index contributed by atoms with van der Waals surface area (Å²) >= 11 is 3.20. The third-order valence-electron chi connectivity index (χ3n) is 1.85. The third-order valence-corrected chi connectivity index (χ3v) is 4.14. The van der Waals surface area contributed by atoms with Crippen molar-refractivity contribution in [2.45, 2.75) is 5.03 Å². The summed E-state index contributed by atoms with van der Waals surface area (Å²) in [7, 11) is -0.233. The van der Waals surface area contributed by atoms with Crippen LogP contribution in [0.2, 0.25) is 0 Å². The maximum absolute atomic E-state index is 11.8. The van der Waals surface area contributed by atoms with Crippen molar-refractivity contribution in [1.29, 1.82) is 0 Å². The van der Waals surface area contributed by atoms with Crippen LogP contribution in [0.3, 0.4) is 0 Å². The van der Waals surface area contributed by atoms with Crippen molar-refractivity contribution in [3.8, 4) is 0 Å². The first kappa shape index (κ1) is 11.7. The second kappa shape index (κ2) is 4.41. The van der Waals surface area contributed by atoms with Gasteiger partial charge in [0, 0.05) is 26.0 Å². The Hall–Kier alpha value is -0.400. The topological polar surface area (TPSA) is 55.2 Å². The van der Waals surface area contributed by atoms with Crippen LogP contribution >= 0.6 is 15.9 Å². The average Bonchev–Trinajstić information content (AvgIpc) is 2.52. The van der Waals surface area contributed by atoms with Crippen LogP contribution in [0, 0.1) is 0 Å². The highest BCUT2D eigenvalue weighted by atomic mass is 79.9. The molecule has 0 fully saturated rings. The van der Waals surface area contributed by atoms with Crippen LogP contribution in [-0.2, 0) is 17.1 Å². The van der Waals surface area contributed by atoms with E-state index in [2.05, 4.69) is 21.0 Å². The molecule has 0 aliphatic rings. The van der Waals surface area contributed by atoms with Gasteiger partial charge in [-0.15, -0.1) is 0 Å². The fourth-order valence-electron chi connectivity index (χ4n) is 1.01. The van der Waals surface area contributed by atoms with Crippen LogP contribution in [0.4, 0.5) is 0 Å². The van der Waals surface area contributed by atoms with Crippen molar-refractivity contribution < 1.29 is 8.42 Å². The number of hydrogen-bond acceptors (Lipinski definition) is 3. The quantitative estimate of drug-likeness (QED) is 0.753. The fraction of sp³-hybridized carbons (Fsp3) is 0.571. The summed E-state index contributed by atoms with van der Waals surface area (Å²) in [6, 6.07) is 1.49. The molecular formula is C7H12BrN3O2S. The van der Waals surface area contributed by atoms with Gasteiger partial charge in [-0.2, -0.15) is 9.40 Å².